The van der Waals surface area contributed by atoms with Crippen molar-refractivity contribution in [2.45, 2.75) is 45.1 Å². The van der Waals surface area contributed by atoms with Crippen LogP contribution in [0.4, 0.5) is 14.5 Å². The molecule has 2 fully saturated rings. The first-order valence-corrected chi connectivity index (χ1v) is 9.07. The van der Waals surface area contributed by atoms with Crippen molar-refractivity contribution in [3.05, 3.63) is 29.3 Å². The lowest BCUT2D eigenvalue weighted by molar-refractivity contribution is -0.118. The molecular formula is C19H26ClF2N3O2. The summed E-state index contributed by atoms with van der Waals surface area (Å²) in [6.07, 6.45) is 1.53. The summed E-state index contributed by atoms with van der Waals surface area (Å²) in [5.41, 5.74) is 1.86. The fourth-order valence-corrected chi connectivity index (χ4v) is 3.45. The van der Waals surface area contributed by atoms with Crippen LogP contribution in [-0.2, 0) is 4.79 Å². The number of amides is 2. The summed E-state index contributed by atoms with van der Waals surface area (Å²) < 4.78 is 26.5. The Morgan fingerprint density at radius 1 is 1.26 bits per heavy atom. The van der Waals surface area contributed by atoms with Crippen molar-refractivity contribution in [3.8, 4) is 0 Å². The number of carbonyl (C=O) groups excluding carboxylic acids is 2. The summed E-state index contributed by atoms with van der Waals surface area (Å²) in [4.78, 5) is 26.6. The molecule has 1 atom stereocenters. The number of nitrogens with one attached hydrogen (secondary N) is 2. The quantitative estimate of drug-likeness (QED) is 0.817. The molecule has 8 heteroatoms. The maximum atomic E-state index is 13.2. The number of benzene rings is 1. The van der Waals surface area contributed by atoms with Gasteiger partial charge >= 0.3 is 0 Å². The zero-order valence-electron chi connectivity index (χ0n) is 15.6. The summed E-state index contributed by atoms with van der Waals surface area (Å²) in [5, 5.41) is 5.22. The Labute approximate surface area is 164 Å². The number of alkyl halides is 2. The first kappa shape index (κ1) is 21.6. The molecule has 2 aliphatic rings. The predicted molar refractivity (Wildman–Crippen MR) is 103 cm³/mol. The highest BCUT2D eigenvalue weighted by Gasteiger charge is 2.42. The van der Waals surface area contributed by atoms with Crippen LogP contribution in [-0.4, -0.2) is 48.3 Å². The Morgan fingerprint density at radius 2 is 1.93 bits per heavy atom. The Balaban J connectivity index is 0.00000261. The van der Waals surface area contributed by atoms with Gasteiger partial charge < -0.3 is 10.2 Å². The molecule has 2 heterocycles. The van der Waals surface area contributed by atoms with Crippen molar-refractivity contribution in [2.75, 3.05) is 25.0 Å². The molecule has 3 rings (SSSR count). The van der Waals surface area contributed by atoms with E-state index in [1.165, 1.54) is 0 Å². The van der Waals surface area contributed by atoms with Crippen molar-refractivity contribution in [1.82, 2.24) is 10.2 Å². The van der Waals surface area contributed by atoms with Gasteiger partial charge in [-0.1, -0.05) is 6.92 Å². The van der Waals surface area contributed by atoms with Crippen LogP contribution in [0.15, 0.2) is 18.2 Å². The van der Waals surface area contributed by atoms with E-state index < -0.39 is 30.8 Å². The standard InChI is InChI=1S/C19H25F2N3O2.ClH/c1-12-5-7-24(8-6-12)18(26)14-3-4-15(13(2)9-14)23-17(25)16-10-19(20,21)11-22-16;/h3-4,9,12,16,22H,5-8,10-11H2,1-2H3,(H,23,25);1H. The average molecular weight is 402 g/mol. The summed E-state index contributed by atoms with van der Waals surface area (Å²) in [6, 6.07) is 4.19. The van der Waals surface area contributed by atoms with Crippen LogP contribution in [0.3, 0.4) is 0 Å². The topological polar surface area (TPSA) is 61.4 Å². The lowest BCUT2D eigenvalue weighted by atomic mass is 9.98. The van der Waals surface area contributed by atoms with Gasteiger partial charge in [0.15, 0.2) is 0 Å². The number of anilines is 1. The van der Waals surface area contributed by atoms with Gasteiger partial charge in [0, 0.05) is 30.8 Å². The molecule has 1 aromatic carbocycles. The van der Waals surface area contributed by atoms with Crippen molar-refractivity contribution in [1.29, 1.82) is 0 Å². The number of halogens is 3. The molecule has 1 aromatic rings. The van der Waals surface area contributed by atoms with E-state index in [0.717, 1.165) is 31.5 Å². The van der Waals surface area contributed by atoms with E-state index in [-0.39, 0.29) is 18.3 Å². The lowest BCUT2D eigenvalue weighted by Crippen LogP contribution is -2.38. The molecule has 0 radical (unpaired) electrons. The minimum atomic E-state index is -2.85. The number of aryl methyl sites for hydroxylation is 1. The summed E-state index contributed by atoms with van der Waals surface area (Å²) >= 11 is 0. The highest BCUT2D eigenvalue weighted by Crippen LogP contribution is 2.26. The minimum Gasteiger partial charge on any atom is -0.339 e. The van der Waals surface area contributed by atoms with Crippen LogP contribution in [0.1, 0.15) is 42.1 Å². The third-order valence-electron chi connectivity index (χ3n) is 5.23. The number of hydrogen-bond acceptors (Lipinski definition) is 3. The zero-order chi connectivity index (χ0) is 18.9. The van der Waals surface area contributed by atoms with E-state index in [1.807, 2.05) is 4.90 Å². The van der Waals surface area contributed by atoms with Crippen LogP contribution < -0.4 is 10.6 Å². The van der Waals surface area contributed by atoms with Gasteiger partial charge in [0.25, 0.3) is 11.8 Å². The molecule has 2 aliphatic heterocycles. The fourth-order valence-electron chi connectivity index (χ4n) is 3.45. The van der Waals surface area contributed by atoms with Gasteiger partial charge in [-0.3, -0.25) is 14.9 Å². The van der Waals surface area contributed by atoms with Crippen molar-refractivity contribution in [3.63, 3.8) is 0 Å². The van der Waals surface area contributed by atoms with Crippen molar-refractivity contribution in [2.24, 2.45) is 5.92 Å². The monoisotopic (exact) mass is 401 g/mol. The number of carbonyl (C=O) groups is 2. The Morgan fingerprint density at radius 3 is 2.48 bits per heavy atom. The van der Waals surface area contributed by atoms with Crippen LogP contribution >= 0.6 is 12.4 Å². The van der Waals surface area contributed by atoms with Crippen LogP contribution in [0.2, 0.25) is 0 Å². The predicted octanol–water partition coefficient (Wildman–Crippen LogP) is 3.22. The number of piperidine rings is 1. The fraction of sp³-hybridized carbons (Fsp3) is 0.579. The van der Waals surface area contributed by atoms with Gasteiger partial charge in [0.05, 0.1) is 12.6 Å². The second-order valence-corrected chi connectivity index (χ2v) is 7.49. The van der Waals surface area contributed by atoms with E-state index in [4.69, 9.17) is 0 Å². The number of rotatable bonds is 3. The second-order valence-electron chi connectivity index (χ2n) is 7.49. The minimum absolute atomic E-state index is 0. The Hall–Kier alpha value is -1.73. The van der Waals surface area contributed by atoms with Crippen LogP contribution in [0.25, 0.3) is 0 Å². The smallest absolute Gasteiger partial charge is 0.262 e. The Kier molecular flexibility index (Phi) is 6.81. The normalized spacial score (nSPS) is 22.2. The third kappa shape index (κ3) is 5.17. The van der Waals surface area contributed by atoms with E-state index in [1.54, 1.807) is 25.1 Å². The molecule has 2 saturated heterocycles. The van der Waals surface area contributed by atoms with Gasteiger partial charge in [0.2, 0.25) is 5.91 Å². The van der Waals surface area contributed by atoms with E-state index in [9.17, 15) is 18.4 Å². The summed E-state index contributed by atoms with van der Waals surface area (Å²) in [5.74, 6) is -2.68. The third-order valence-corrected chi connectivity index (χ3v) is 5.23. The summed E-state index contributed by atoms with van der Waals surface area (Å²) in [6.45, 7) is 5.03. The Bertz CT molecular complexity index is 706. The van der Waals surface area contributed by atoms with Gasteiger partial charge in [-0.2, -0.15) is 0 Å². The lowest BCUT2D eigenvalue weighted by Gasteiger charge is -2.30. The zero-order valence-corrected chi connectivity index (χ0v) is 16.4. The van der Waals surface area contributed by atoms with Gasteiger partial charge in [-0.15, -0.1) is 12.4 Å². The molecule has 0 spiro atoms. The van der Waals surface area contributed by atoms with Crippen LogP contribution in [0, 0.1) is 12.8 Å². The number of hydrogen-bond donors (Lipinski definition) is 2. The molecule has 0 saturated carbocycles. The van der Waals surface area contributed by atoms with Crippen molar-refractivity contribution < 1.29 is 18.4 Å². The van der Waals surface area contributed by atoms with Gasteiger partial charge in [-0.25, -0.2) is 8.78 Å². The van der Waals surface area contributed by atoms with E-state index in [0.29, 0.717) is 17.2 Å². The number of nitrogens with zero attached hydrogens (tertiary/aromatic N) is 1. The number of likely N-dealkylation sites (tertiary alicyclic amines) is 1. The average Bonchev–Trinajstić information content (AvgIpc) is 2.97. The molecule has 2 amide bonds. The van der Waals surface area contributed by atoms with E-state index in [2.05, 4.69) is 17.6 Å². The molecule has 1 unspecified atom stereocenters. The highest BCUT2D eigenvalue weighted by molar-refractivity contribution is 5.98. The molecule has 5 nitrogen and oxygen atoms in total. The largest absolute Gasteiger partial charge is 0.339 e. The first-order chi connectivity index (χ1) is 12.2. The summed E-state index contributed by atoms with van der Waals surface area (Å²) in [7, 11) is 0. The second kappa shape index (κ2) is 8.52. The SMILES string of the molecule is Cc1cc(C(=O)N2CCC(C)CC2)ccc1NC(=O)C1CC(F)(F)CN1.Cl. The van der Waals surface area contributed by atoms with Crippen LogP contribution in [0.5, 0.6) is 0 Å². The molecule has 2 N–H and O–H groups in total. The highest BCUT2D eigenvalue weighted by atomic mass is 35.5. The molecule has 150 valence electrons. The van der Waals surface area contributed by atoms with E-state index >= 15 is 0 Å². The maximum absolute atomic E-state index is 13.2. The maximum Gasteiger partial charge on any atom is 0.262 e. The van der Waals surface area contributed by atoms with Gasteiger partial charge in [-0.05, 0) is 49.4 Å². The molecule has 0 bridgehead atoms. The van der Waals surface area contributed by atoms with Crippen molar-refractivity contribution >= 4 is 29.9 Å². The van der Waals surface area contributed by atoms with Gasteiger partial charge in [0.1, 0.15) is 0 Å². The molecule has 0 aliphatic carbocycles. The molecule has 27 heavy (non-hydrogen) atoms. The molecular weight excluding hydrogens is 376 g/mol. The molecule has 0 aromatic heterocycles. The first-order valence-electron chi connectivity index (χ1n) is 9.07.